The number of ether oxygens (including phenoxy) is 4. The number of hydrogen-bond acceptors (Lipinski definition) is 5. The number of hydrogen-bond donors (Lipinski definition) is 1. The molecule has 2 heterocycles. The van der Waals surface area contributed by atoms with Crippen LogP contribution in [0.25, 0.3) is 0 Å². The molecule has 5 atom stereocenters. The van der Waals surface area contributed by atoms with Crippen molar-refractivity contribution in [1.29, 1.82) is 0 Å². The highest BCUT2D eigenvalue weighted by Crippen LogP contribution is 2.53. The summed E-state index contributed by atoms with van der Waals surface area (Å²) in [6.07, 6.45) is -2.01. The molecule has 3 aromatic rings. The zero-order valence-electron chi connectivity index (χ0n) is 18.1. The van der Waals surface area contributed by atoms with Gasteiger partial charge in [-0.3, -0.25) is 0 Å². The molecule has 5 rings (SSSR count). The van der Waals surface area contributed by atoms with E-state index >= 15 is 0 Å². The van der Waals surface area contributed by atoms with E-state index < -0.39 is 29.7 Å². The molecule has 0 amide bonds. The van der Waals surface area contributed by atoms with Gasteiger partial charge in [0.1, 0.15) is 18.3 Å². The first kappa shape index (κ1) is 21.3. The number of benzene rings is 3. The van der Waals surface area contributed by atoms with Gasteiger partial charge in [0.25, 0.3) is 0 Å². The molecule has 5 nitrogen and oxygen atoms in total. The van der Waals surface area contributed by atoms with Crippen molar-refractivity contribution in [3.63, 3.8) is 0 Å². The number of fused-ring (bicyclic) bond motifs is 2. The molecule has 166 valence electrons. The molecular weight excluding hydrogens is 404 g/mol. The number of aliphatic hydroxyl groups excluding tert-OH is 1. The predicted molar refractivity (Wildman–Crippen MR) is 120 cm³/mol. The van der Waals surface area contributed by atoms with Crippen LogP contribution in [0.3, 0.4) is 0 Å². The zero-order valence-corrected chi connectivity index (χ0v) is 18.1. The lowest BCUT2D eigenvalue weighted by Crippen LogP contribution is -2.54. The summed E-state index contributed by atoms with van der Waals surface area (Å²) in [5.41, 5.74) is 1.85. The summed E-state index contributed by atoms with van der Waals surface area (Å²) in [6, 6.07) is 29.7. The smallest absolute Gasteiger partial charge is 0.195 e. The molecule has 0 unspecified atom stereocenters. The van der Waals surface area contributed by atoms with Gasteiger partial charge in [-0.15, -0.1) is 0 Å². The molecule has 0 radical (unpaired) electrons. The maximum atomic E-state index is 11.2. The molecule has 2 bridgehead atoms. The molecule has 2 aliphatic heterocycles. The SMILES string of the molecule is C[C@]12OC[C@@H](O)[C@](c3ccccc3)(O1)[C@H](OCc1ccccc1)[C@H]2OCc1ccccc1. The fourth-order valence-electron chi connectivity index (χ4n) is 4.77. The van der Waals surface area contributed by atoms with Crippen molar-refractivity contribution in [2.45, 2.75) is 49.8 Å². The number of rotatable bonds is 7. The summed E-state index contributed by atoms with van der Waals surface area (Å²) < 4.78 is 25.5. The molecule has 0 spiro atoms. The van der Waals surface area contributed by atoms with Gasteiger partial charge in [-0.25, -0.2) is 0 Å². The van der Waals surface area contributed by atoms with Gasteiger partial charge in [-0.05, 0) is 23.6 Å². The van der Waals surface area contributed by atoms with Crippen molar-refractivity contribution < 1.29 is 24.1 Å². The fourth-order valence-corrected chi connectivity index (χ4v) is 4.77. The molecule has 0 saturated carbocycles. The van der Waals surface area contributed by atoms with Gasteiger partial charge < -0.3 is 24.1 Å². The van der Waals surface area contributed by atoms with Crippen molar-refractivity contribution >= 4 is 0 Å². The van der Waals surface area contributed by atoms with E-state index in [1.54, 1.807) is 0 Å². The second kappa shape index (κ2) is 8.77. The standard InChI is InChI=1S/C27H28O5/c1-26-24(29-17-20-11-5-2-6-12-20)25(30-18-21-13-7-3-8-14-21)27(32-26,23(28)19-31-26)22-15-9-4-10-16-22/h2-16,23-25,28H,17-19H2,1H3/t23-,24-,25-,26+,27+/m1/s1. The van der Waals surface area contributed by atoms with Gasteiger partial charge in [0, 0.05) is 0 Å². The molecule has 2 aliphatic rings. The Labute approximate surface area is 188 Å². The summed E-state index contributed by atoms with van der Waals surface area (Å²) >= 11 is 0. The second-order valence-corrected chi connectivity index (χ2v) is 8.54. The minimum Gasteiger partial charge on any atom is -0.387 e. The minimum atomic E-state index is -1.09. The van der Waals surface area contributed by atoms with Gasteiger partial charge in [-0.2, -0.15) is 0 Å². The Morgan fingerprint density at radius 1 is 0.781 bits per heavy atom. The van der Waals surface area contributed by atoms with Gasteiger partial charge >= 0.3 is 0 Å². The Balaban J connectivity index is 1.51. The Hall–Kier alpha value is -2.54. The Bertz CT molecular complexity index is 1010. The van der Waals surface area contributed by atoms with E-state index in [1.165, 1.54) is 0 Å². The first-order chi connectivity index (χ1) is 15.6. The van der Waals surface area contributed by atoms with Gasteiger partial charge in [0.15, 0.2) is 11.4 Å². The van der Waals surface area contributed by atoms with Crippen molar-refractivity contribution in [3.8, 4) is 0 Å². The van der Waals surface area contributed by atoms with E-state index in [1.807, 2.05) is 97.9 Å². The van der Waals surface area contributed by atoms with Crippen LogP contribution in [0.4, 0.5) is 0 Å². The molecule has 1 N–H and O–H groups in total. The molecule has 0 aliphatic carbocycles. The zero-order chi connectivity index (χ0) is 22.0. The normalized spacial score (nSPS) is 31.5. The lowest BCUT2D eigenvalue weighted by Gasteiger charge is -2.43. The molecule has 0 aromatic heterocycles. The van der Waals surface area contributed by atoms with E-state index in [9.17, 15) is 5.11 Å². The van der Waals surface area contributed by atoms with Crippen molar-refractivity contribution in [1.82, 2.24) is 0 Å². The van der Waals surface area contributed by atoms with Crippen molar-refractivity contribution in [2.75, 3.05) is 6.61 Å². The Kier molecular flexibility index (Phi) is 5.84. The van der Waals surface area contributed by atoms with Crippen LogP contribution < -0.4 is 0 Å². The van der Waals surface area contributed by atoms with Crippen LogP contribution in [-0.2, 0) is 37.8 Å². The molecule has 2 saturated heterocycles. The average molecular weight is 433 g/mol. The molecular formula is C27H28O5. The van der Waals surface area contributed by atoms with Crippen LogP contribution >= 0.6 is 0 Å². The fraction of sp³-hybridized carbons (Fsp3) is 0.333. The van der Waals surface area contributed by atoms with E-state index in [0.717, 1.165) is 16.7 Å². The maximum absolute atomic E-state index is 11.2. The van der Waals surface area contributed by atoms with Crippen LogP contribution in [0, 0.1) is 0 Å². The average Bonchev–Trinajstić information content (AvgIpc) is 3.06. The minimum absolute atomic E-state index is 0.141. The Morgan fingerprint density at radius 2 is 1.28 bits per heavy atom. The summed E-state index contributed by atoms with van der Waals surface area (Å²) in [6.45, 7) is 2.78. The van der Waals surface area contributed by atoms with Crippen LogP contribution in [0.5, 0.6) is 0 Å². The lowest BCUT2D eigenvalue weighted by atomic mass is 9.82. The van der Waals surface area contributed by atoms with Crippen LogP contribution in [-0.4, -0.2) is 35.8 Å². The van der Waals surface area contributed by atoms with Gasteiger partial charge in [-0.1, -0.05) is 91.0 Å². The molecule has 3 aromatic carbocycles. The largest absolute Gasteiger partial charge is 0.387 e. The highest BCUT2D eigenvalue weighted by Gasteiger charge is 2.69. The highest BCUT2D eigenvalue weighted by molar-refractivity contribution is 5.31. The van der Waals surface area contributed by atoms with E-state index in [-0.39, 0.29) is 6.61 Å². The van der Waals surface area contributed by atoms with Crippen LogP contribution in [0.15, 0.2) is 91.0 Å². The maximum Gasteiger partial charge on any atom is 0.195 e. The quantitative estimate of drug-likeness (QED) is 0.607. The summed E-state index contributed by atoms with van der Waals surface area (Å²) in [7, 11) is 0. The first-order valence-electron chi connectivity index (χ1n) is 11.0. The van der Waals surface area contributed by atoms with Crippen molar-refractivity contribution in [3.05, 3.63) is 108 Å². The van der Waals surface area contributed by atoms with E-state index in [0.29, 0.717) is 13.2 Å². The summed E-state index contributed by atoms with van der Waals surface area (Å²) in [4.78, 5) is 0. The third-order valence-electron chi connectivity index (χ3n) is 6.38. The van der Waals surface area contributed by atoms with Crippen molar-refractivity contribution in [2.24, 2.45) is 0 Å². The summed E-state index contributed by atoms with van der Waals surface area (Å²) in [5.74, 6) is -1.05. The molecule has 32 heavy (non-hydrogen) atoms. The van der Waals surface area contributed by atoms with Crippen LogP contribution in [0.2, 0.25) is 0 Å². The lowest BCUT2D eigenvalue weighted by molar-refractivity contribution is -0.337. The molecule has 5 heteroatoms. The highest BCUT2D eigenvalue weighted by atomic mass is 16.8. The van der Waals surface area contributed by atoms with E-state index in [2.05, 4.69) is 0 Å². The van der Waals surface area contributed by atoms with Crippen LogP contribution in [0.1, 0.15) is 23.6 Å². The van der Waals surface area contributed by atoms with Gasteiger partial charge in [0.2, 0.25) is 0 Å². The summed E-state index contributed by atoms with van der Waals surface area (Å²) in [5, 5.41) is 11.2. The predicted octanol–water partition coefficient (Wildman–Crippen LogP) is 4.19. The first-order valence-corrected chi connectivity index (χ1v) is 11.0. The molecule has 2 fully saturated rings. The third kappa shape index (κ3) is 3.76. The van der Waals surface area contributed by atoms with Gasteiger partial charge in [0.05, 0.1) is 19.8 Å². The topological polar surface area (TPSA) is 57.2 Å². The Morgan fingerprint density at radius 3 is 1.84 bits per heavy atom. The monoisotopic (exact) mass is 432 g/mol. The number of aliphatic hydroxyl groups is 1. The second-order valence-electron chi connectivity index (χ2n) is 8.54. The third-order valence-corrected chi connectivity index (χ3v) is 6.38. The van der Waals surface area contributed by atoms with E-state index in [4.69, 9.17) is 18.9 Å².